The Balaban J connectivity index is 2.76. The van der Waals surface area contributed by atoms with Crippen molar-refractivity contribution in [1.29, 1.82) is 0 Å². The van der Waals surface area contributed by atoms with Gasteiger partial charge in [-0.05, 0) is 12.5 Å². The number of nitrogens with two attached hydrogens (primary N) is 1. The monoisotopic (exact) mass is 190 g/mol. The Morgan fingerprint density at radius 1 is 1.64 bits per heavy atom. The lowest BCUT2D eigenvalue weighted by atomic mass is 10.2. The fourth-order valence-corrected chi connectivity index (χ4v) is 1.35. The number of primary amides is 1. The first-order valence-electron chi connectivity index (χ1n) is 4.35. The molecule has 0 radical (unpaired) electrons. The van der Waals surface area contributed by atoms with Crippen molar-refractivity contribution in [2.45, 2.75) is 13.3 Å². The van der Waals surface area contributed by atoms with Crippen LogP contribution in [0.2, 0.25) is 0 Å². The molecule has 0 aromatic carbocycles. The summed E-state index contributed by atoms with van der Waals surface area (Å²) in [6, 6.07) is 1.87. The van der Waals surface area contributed by atoms with E-state index in [-0.39, 0.29) is 5.69 Å². The highest BCUT2D eigenvalue weighted by molar-refractivity contribution is 6.02. The number of nitrogens with one attached hydrogen (secondary N) is 1. The molecule has 1 amide bonds. The average Bonchev–Trinajstić information content (AvgIpc) is 2.63. The predicted octanol–water partition coefficient (Wildman–Crippen LogP) is 0.619. The van der Waals surface area contributed by atoms with E-state index in [0.29, 0.717) is 5.52 Å². The highest BCUT2D eigenvalue weighted by atomic mass is 16.1. The summed E-state index contributed by atoms with van der Waals surface area (Å²) in [5.74, 6) is -0.544. The second kappa shape index (κ2) is 3.10. The van der Waals surface area contributed by atoms with Crippen LogP contribution in [-0.2, 0) is 6.42 Å². The summed E-state index contributed by atoms with van der Waals surface area (Å²) in [5, 5.41) is 0. The largest absolute Gasteiger partial charge is 0.364 e. The van der Waals surface area contributed by atoms with Gasteiger partial charge in [-0.2, -0.15) is 0 Å². The normalized spacial score (nSPS) is 10.6. The predicted molar refractivity (Wildman–Crippen MR) is 51.8 cm³/mol. The minimum Gasteiger partial charge on any atom is -0.364 e. The lowest BCUT2D eigenvalue weighted by molar-refractivity contribution is 0.0997. The summed E-state index contributed by atoms with van der Waals surface area (Å²) in [5.41, 5.74) is 7.61. The first-order chi connectivity index (χ1) is 6.72. The number of imidazole rings is 1. The van der Waals surface area contributed by atoms with Gasteiger partial charge in [-0.15, -0.1) is 0 Å². The average molecular weight is 190 g/mol. The minimum atomic E-state index is -0.544. The van der Waals surface area contributed by atoms with Crippen molar-refractivity contribution in [3.05, 3.63) is 23.8 Å². The van der Waals surface area contributed by atoms with E-state index in [2.05, 4.69) is 15.0 Å². The number of hydrogen-bond donors (Lipinski definition) is 2. The number of carbonyl (C=O) groups excluding carboxylic acids is 1. The number of H-pyrrole nitrogens is 1. The molecule has 72 valence electrons. The lowest BCUT2D eigenvalue weighted by Gasteiger charge is -2.00. The molecule has 0 fully saturated rings. The Morgan fingerprint density at radius 2 is 2.43 bits per heavy atom. The van der Waals surface area contributed by atoms with E-state index >= 15 is 0 Å². The van der Waals surface area contributed by atoms with Crippen LogP contribution in [0.1, 0.15) is 23.1 Å². The fraction of sp³-hybridized carbons (Fsp3) is 0.222. The molecule has 0 aliphatic heterocycles. The standard InChI is InChI=1S/C9H10N4O/c1-2-5-3-6-7(12-4-11-6)8(13-5)9(10)14/h3-4H,2H2,1H3,(H2,10,14)(H,11,12). The van der Waals surface area contributed by atoms with Gasteiger partial charge in [-0.1, -0.05) is 6.92 Å². The van der Waals surface area contributed by atoms with Crippen molar-refractivity contribution in [2.24, 2.45) is 5.73 Å². The van der Waals surface area contributed by atoms with Crippen molar-refractivity contribution in [3.8, 4) is 0 Å². The molecule has 2 heterocycles. The zero-order valence-electron chi connectivity index (χ0n) is 7.74. The zero-order chi connectivity index (χ0) is 10.1. The fourth-order valence-electron chi connectivity index (χ4n) is 1.35. The molecule has 0 aliphatic rings. The van der Waals surface area contributed by atoms with Crippen LogP contribution >= 0.6 is 0 Å². The summed E-state index contributed by atoms with van der Waals surface area (Å²) in [6.45, 7) is 1.97. The molecule has 5 heteroatoms. The maximum atomic E-state index is 11.1. The second-order valence-corrected chi connectivity index (χ2v) is 2.98. The summed E-state index contributed by atoms with van der Waals surface area (Å²) in [7, 11) is 0. The Bertz CT molecular complexity index is 489. The molecule has 0 saturated heterocycles. The van der Waals surface area contributed by atoms with Crippen LogP contribution in [0, 0.1) is 0 Å². The third kappa shape index (κ3) is 1.22. The van der Waals surface area contributed by atoms with Crippen molar-refractivity contribution in [1.82, 2.24) is 15.0 Å². The number of nitrogens with zero attached hydrogens (tertiary/aromatic N) is 2. The molecular formula is C9H10N4O. The van der Waals surface area contributed by atoms with Crippen LogP contribution in [0.5, 0.6) is 0 Å². The van der Waals surface area contributed by atoms with Crippen LogP contribution in [0.3, 0.4) is 0 Å². The van der Waals surface area contributed by atoms with E-state index in [1.807, 2.05) is 13.0 Å². The van der Waals surface area contributed by atoms with E-state index in [4.69, 9.17) is 5.73 Å². The Kier molecular flexibility index (Phi) is 1.92. The van der Waals surface area contributed by atoms with Crippen LogP contribution < -0.4 is 5.73 Å². The van der Waals surface area contributed by atoms with Gasteiger partial charge in [0.2, 0.25) is 0 Å². The SMILES string of the molecule is CCc1cc2[nH]cnc2c(C(N)=O)n1. The molecule has 2 aromatic heterocycles. The Morgan fingerprint density at radius 3 is 3.07 bits per heavy atom. The number of aryl methyl sites for hydroxylation is 1. The van der Waals surface area contributed by atoms with Crippen LogP contribution in [0.4, 0.5) is 0 Å². The maximum Gasteiger partial charge on any atom is 0.269 e. The van der Waals surface area contributed by atoms with Gasteiger partial charge in [0, 0.05) is 5.69 Å². The zero-order valence-corrected chi connectivity index (χ0v) is 7.74. The number of aromatic nitrogens is 3. The number of carbonyl (C=O) groups is 1. The van der Waals surface area contributed by atoms with Crippen molar-refractivity contribution < 1.29 is 4.79 Å². The number of pyridine rings is 1. The van der Waals surface area contributed by atoms with Crippen LogP contribution in [0.15, 0.2) is 12.4 Å². The molecule has 0 atom stereocenters. The molecular weight excluding hydrogens is 180 g/mol. The molecule has 0 saturated carbocycles. The van der Waals surface area contributed by atoms with Crippen LogP contribution in [-0.4, -0.2) is 20.9 Å². The molecule has 0 spiro atoms. The van der Waals surface area contributed by atoms with Crippen molar-refractivity contribution in [3.63, 3.8) is 0 Å². The Labute approximate surface area is 80.4 Å². The summed E-state index contributed by atoms with van der Waals surface area (Å²) in [6.07, 6.45) is 2.29. The second-order valence-electron chi connectivity index (χ2n) is 2.98. The van der Waals surface area contributed by atoms with Gasteiger partial charge < -0.3 is 10.7 Å². The van der Waals surface area contributed by atoms with Gasteiger partial charge in [0.25, 0.3) is 5.91 Å². The summed E-state index contributed by atoms with van der Waals surface area (Å²) < 4.78 is 0. The number of aromatic amines is 1. The third-order valence-electron chi connectivity index (χ3n) is 2.06. The van der Waals surface area contributed by atoms with Gasteiger partial charge in [0.15, 0.2) is 5.69 Å². The third-order valence-corrected chi connectivity index (χ3v) is 2.06. The number of rotatable bonds is 2. The van der Waals surface area contributed by atoms with Gasteiger partial charge in [-0.25, -0.2) is 9.97 Å². The lowest BCUT2D eigenvalue weighted by Crippen LogP contribution is -2.14. The minimum absolute atomic E-state index is 0.237. The highest BCUT2D eigenvalue weighted by Gasteiger charge is 2.11. The summed E-state index contributed by atoms with van der Waals surface area (Å²) >= 11 is 0. The van der Waals surface area contributed by atoms with E-state index in [1.165, 1.54) is 6.33 Å². The van der Waals surface area contributed by atoms with E-state index in [1.54, 1.807) is 0 Å². The number of amides is 1. The van der Waals surface area contributed by atoms with Gasteiger partial charge >= 0.3 is 0 Å². The van der Waals surface area contributed by atoms with Crippen molar-refractivity contribution >= 4 is 16.9 Å². The molecule has 5 nitrogen and oxygen atoms in total. The first-order valence-corrected chi connectivity index (χ1v) is 4.35. The smallest absolute Gasteiger partial charge is 0.269 e. The quantitative estimate of drug-likeness (QED) is 0.727. The molecule has 14 heavy (non-hydrogen) atoms. The van der Waals surface area contributed by atoms with Crippen LogP contribution in [0.25, 0.3) is 11.0 Å². The molecule has 0 aliphatic carbocycles. The molecule has 2 aromatic rings. The van der Waals surface area contributed by atoms with Gasteiger partial charge in [0.05, 0.1) is 11.8 Å². The van der Waals surface area contributed by atoms with E-state index < -0.39 is 5.91 Å². The summed E-state index contributed by atoms with van der Waals surface area (Å²) in [4.78, 5) is 22.1. The topological polar surface area (TPSA) is 84.7 Å². The molecule has 3 N–H and O–H groups in total. The molecule has 2 rings (SSSR count). The van der Waals surface area contributed by atoms with E-state index in [9.17, 15) is 4.79 Å². The number of fused-ring (bicyclic) bond motifs is 1. The molecule has 0 unspecified atom stereocenters. The van der Waals surface area contributed by atoms with Gasteiger partial charge in [0.1, 0.15) is 5.52 Å². The number of hydrogen-bond acceptors (Lipinski definition) is 3. The highest BCUT2D eigenvalue weighted by Crippen LogP contribution is 2.14. The first kappa shape index (κ1) is 8.68. The Hall–Kier alpha value is -1.91. The van der Waals surface area contributed by atoms with Crippen molar-refractivity contribution in [2.75, 3.05) is 0 Å². The molecule has 0 bridgehead atoms. The van der Waals surface area contributed by atoms with E-state index in [0.717, 1.165) is 17.6 Å². The maximum absolute atomic E-state index is 11.1. The van der Waals surface area contributed by atoms with Gasteiger partial charge in [-0.3, -0.25) is 4.79 Å².